The van der Waals surface area contributed by atoms with Crippen molar-refractivity contribution in [2.45, 2.75) is 4.90 Å². The van der Waals surface area contributed by atoms with E-state index in [9.17, 15) is 18.0 Å². The summed E-state index contributed by atoms with van der Waals surface area (Å²) in [5.74, 6) is -1.33. The number of halogens is 1. The van der Waals surface area contributed by atoms with Crippen LogP contribution in [0.25, 0.3) is 5.69 Å². The highest BCUT2D eigenvalue weighted by Crippen LogP contribution is 2.29. The van der Waals surface area contributed by atoms with Crippen molar-refractivity contribution in [3.8, 4) is 5.69 Å². The molecule has 30 heavy (non-hydrogen) atoms. The smallest absolute Gasteiger partial charge is 0.259 e. The van der Waals surface area contributed by atoms with Gasteiger partial charge in [-0.3, -0.25) is 14.9 Å². The molecule has 1 aromatic heterocycles. The van der Waals surface area contributed by atoms with E-state index >= 15 is 0 Å². The van der Waals surface area contributed by atoms with Crippen LogP contribution in [-0.2, 0) is 9.84 Å². The molecule has 1 N–H and O–H groups in total. The van der Waals surface area contributed by atoms with E-state index < -0.39 is 21.7 Å². The zero-order valence-electron chi connectivity index (χ0n) is 16.2. The van der Waals surface area contributed by atoms with Gasteiger partial charge in [-0.05, 0) is 34.7 Å². The molecule has 1 heterocycles. The molecule has 10 nitrogen and oxygen atoms in total. The number of benzene rings is 2. The van der Waals surface area contributed by atoms with E-state index in [1.165, 1.54) is 35.8 Å². The predicted molar refractivity (Wildman–Crippen MR) is 110 cm³/mol. The van der Waals surface area contributed by atoms with Crippen molar-refractivity contribution in [1.82, 2.24) is 25.1 Å². The number of nitrogens with one attached hydrogen (secondary N) is 1. The van der Waals surface area contributed by atoms with Crippen LogP contribution in [0.1, 0.15) is 20.7 Å². The van der Waals surface area contributed by atoms with Crippen LogP contribution >= 0.6 is 11.6 Å². The number of carbonyl (C=O) groups is 2. The SMILES string of the molecule is CN(C)C(=O)c1c(S(C)(=O)=O)ccc(C(=O)Nc2nnnn2-c2ccccc2)c1Cl. The van der Waals surface area contributed by atoms with Crippen molar-refractivity contribution in [2.75, 3.05) is 25.7 Å². The van der Waals surface area contributed by atoms with Gasteiger partial charge in [0.1, 0.15) is 0 Å². The maximum atomic E-state index is 12.8. The summed E-state index contributed by atoms with van der Waals surface area (Å²) in [6.45, 7) is 0. The number of hydrogen-bond acceptors (Lipinski definition) is 7. The summed E-state index contributed by atoms with van der Waals surface area (Å²) in [4.78, 5) is 26.3. The van der Waals surface area contributed by atoms with Crippen molar-refractivity contribution in [3.63, 3.8) is 0 Å². The highest BCUT2D eigenvalue weighted by molar-refractivity contribution is 7.90. The third kappa shape index (κ3) is 4.16. The lowest BCUT2D eigenvalue weighted by molar-refractivity contribution is 0.0824. The topological polar surface area (TPSA) is 127 Å². The molecule has 2 amide bonds. The van der Waals surface area contributed by atoms with Crippen LogP contribution in [0.15, 0.2) is 47.4 Å². The van der Waals surface area contributed by atoms with Crippen molar-refractivity contribution < 1.29 is 18.0 Å². The van der Waals surface area contributed by atoms with Gasteiger partial charge in [0.15, 0.2) is 9.84 Å². The molecule has 0 unspecified atom stereocenters. The molecule has 0 atom stereocenters. The summed E-state index contributed by atoms with van der Waals surface area (Å²) in [5, 5.41) is 13.4. The van der Waals surface area contributed by atoms with Gasteiger partial charge in [0.25, 0.3) is 17.8 Å². The average molecular weight is 449 g/mol. The third-order valence-electron chi connectivity index (χ3n) is 4.06. The molecule has 0 radical (unpaired) electrons. The molecule has 156 valence electrons. The molecule has 0 saturated carbocycles. The van der Waals surface area contributed by atoms with Crippen LogP contribution in [0, 0.1) is 0 Å². The molecule has 0 aliphatic carbocycles. The van der Waals surface area contributed by atoms with Crippen LogP contribution in [0.4, 0.5) is 5.95 Å². The molecule has 2 aromatic carbocycles. The van der Waals surface area contributed by atoms with E-state index in [1.54, 1.807) is 24.3 Å². The number of amides is 2. The summed E-state index contributed by atoms with van der Waals surface area (Å²) < 4.78 is 25.5. The normalized spacial score (nSPS) is 11.2. The fraction of sp³-hybridized carbons (Fsp3) is 0.167. The number of rotatable bonds is 5. The van der Waals surface area contributed by atoms with Crippen LogP contribution < -0.4 is 5.32 Å². The van der Waals surface area contributed by atoms with Gasteiger partial charge in [-0.25, -0.2) is 8.42 Å². The molecule has 0 fully saturated rings. The van der Waals surface area contributed by atoms with Crippen LogP contribution in [-0.4, -0.2) is 65.7 Å². The summed E-state index contributed by atoms with van der Waals surface area (Å²) in [6.07, 6.45) is 0.957. The first-order valence-corrected chi connectivity index (χ1v) is 10.8. The number of nitrogens with zero attached hydrogens (tertiary/aromatic N) is 5. The number of para-hydroxylation sites is 1. The lowest BCUT2D eigenvalue weighted by atomic mass is 10.1. The summed E-state index contributed by atoms with van der Waals surface area (Å²) >= 11 is 6.32. The quantitative estimate of drug-likeness (QED) is 0.628. The Bertz CT molecular complexity index is 1220. The highest BCUT2D eigenvalue weighted by atomic mass is 35.5. The number of hydrogen-bond donors (Lipinski definition) is 1. The van der Waals surface area contributed by atoms with Gasteiger partial charge < -0.3 is 4.90 Å². The number of sulfone groups is 1. The number of tetrazole rings is 1. The van der Waals surface area contributed by atoms with Gasteiger partial charge in [0, 0.05) is 20.4 Å². The lowest BCUT2D eigenvalue weighted by Crippen LogP contribution is -2.25. The Kier molecular flexibility index (Phi) is 5.85. The second-order valence-corrected chi connectivity index (χ2v) is 8.84. The first-order chi connectivity index (χ1) is 14.1. The van der Waals surface area contributed by atoms with Gasteiger partial charge in [0.2, 0.25) is 0 Å². The molecule has 3 aromatic rings. The molecular weight excluding hydrogens is 432 g/mol. The molecule has 3 rings (SSSR count). The number of aromatic nitrogens is 4. The standard InChI is InChI=1S/C18H17ClN6O4S/c1-24(2)17(27)14-13(30(3,28)29)10-9-12(15(14)19)16(26)20-18-21-22-23-25(18)11-7-5-4-6-8-11/h4-10H,1-3H3,(H,20,21,23,26). The highest BCUT2D eigenvalue weighted by Gasteiger charge is 2.27. The van der Waals surface area contributed by atoms with Crippen molar-refractivity contribution >= 4 is 39.2 Å². The second-order valence-electron chi connectivity index (χ2n) is 6.48. The maximum absolute atomic E-state index is 12.8. The summed E-state index contributed by atoms with van der Waals surface area (Å²) in [6, 6.07) is 11.3. The Morgan fingerprint density at radius 1 is 1.10 bits per heavy atom. The second kappa shape index (κ2) is 8.20. The van der Waals surface area contributed by atoms with Crippen LogP contribution in [0.2, 0.25) is 5.02 Å². The fourth-order valence-electron chi connectivity index (χ4n) is 2.64. The van der Waals surface area contributed by atoms with E-state index in [2.05, 4.69) is 20.8 Å². The Hall–Kier alpha value is -3.31. The lowest BCUT2D eigenvalue weighted by Gasteiger charge is -2.16. The van der Waals surface area contributed by atoms with E-state index in [-0.39, 0.29) is 27.0 Å². The monoisotopic (exact) mass is 448 g/mol. The molecule has 0 bridgehead atoms. The van der Waals surface area contributed by atoms with Crippen LogP contribution in [0.5, 0.6) is 0 Å². The summed E-state index contributed by atoms with van der Waals surface area (Å²) in [7, 11) is -0.870. The Balaban J connectivity index is 2.04. The zero-order chi connectivity index (χ0) is 22.1. The van der Waals surface area contributed by atoms with Crippen LogP contribution in [0.3, 0.4) is 0 Å². The van der Waals surface area contributed by atoms with Gasteiger partial charge in [0.05, 0.1) is 26.7 Å². The molecule has 0 aliphatic rings. The third-order valence-corrected chi connectivity index (χ3v) is 5.60. The molecule has 12 heteroatoms. The molecule has 0 saturated heterocycles. The van der Waals surface area contributed by atoms with Gasteiger partial charge in [-0.1, -0.05) is 34.9 Å². The van der Waals surface area contributed by atoms with Crippen molar-refractivity contribution in [2.24, 2.45) is 0 Å². The Morgan fingerprint density at radius 3 is 2.37 bits per heavy atom. The first kappa shape index (κ1) is 21.4. The Labute approximate surface area is 177 Å². The summed E-state index contributed by atoms with van der Waals surface area (Å²) in [5.41, 5.74) is 0.233. The minimum absolute atomic E-state index is 0.0231. The molecule has 0 aliphatic heterocycles. The van der Waals surface area contributed by atoms with E-state index in [4.69, 9.17) is 11.6 Å². The number of carbonyl (C=O) groups excluding carboxylic acids is 2. The first-order valence-electron chi connectivity index (χ1n) is 8.50. The largest absolute Gasteiger partial charge is 0.345 e. The maximum Gasteiger partial charge on any atom is 0.259 e. The van der Waals surface area contributed by atoms with Gasteiger partial charge >= 0.3 is 0 Å². The van der Waals surface area contributed by atoms with E-state index in [1.807, 2.05) is 6.07 Å². The minimum atomic E-state index is -3.77. The molecule has 0 spiro atoms. The predicted octanol–water partition coefficient (Wildman–Crippen LogP) is 1.67. The number of anilines is 1. The van der Waals surface area contributed by atoms with Crippen molar-refractivity contribution in [1.29, 1.82) is 0 Å². The van der Waals surface area contributed by atoms with E-state index in [0.717, 1.165) is 6.26 Å². The van der Waals surface area contributed by atoms with Crippen molar-refractivity contribution in [3.05, 3.63) is 58.6 Å². The van der Waals surface area contributed by atoms with E-state index in [0.29, 0.717) is 5.69 Å². The molecular formula is C18H17ClN6O4S. The minimum Gasteiger partial charge on any atom is -0.345 e. The fourth-order valence-corrected chi connectivity index (χ4v) is 3.91. The van der Waals surface area contributed by atoms with Gasteiger partial charge in [-0.15, -0.1) is 0 Å². The zero-order valence-corrected chi connectivity index (χ0v) is 17.8. The Morgan fingerprint density at radius 2 is 1.77 bits per heavy atom. The average Bonchev–Trinajstić information content (AvgIpc) is 3.15. The van der Waals surface area contributed by atoms with Gasteiger partial charge in [-0.2, -0.15) is 4.68 Å².